The number of ether oxygens (including phenoxy) is 1. The zero-order chi connectivity index (χ0) is 14.3. The highest BCUT2D eigenvalue weighted by Crippen LogP contribution is 2.21. The number of hydrogen-bond acceptors (Lipinski definition) is 3. The zero-order valence-electron chi connectivity index (χ0n) is 12.1. The van der Waals surface area contributed by atoms with Gasteiger partial charge in [0.05, 0.1) is 12.2 Å². The summed E-state index contributed by atoms with van der Waals surface area (Å²) in [6.07, 6.45) is 6.51. The zero-order valence-corrected chi connectivity index (χ0v) is 12.9. The van der Waals surface area contributed by atoms with E-state index in [1.54, 1.807) is 6.20 Å². The van der Waals surface area contributed by atoms with E-state index in [9.17, 15) is 0 Å². The van der Waals surface area contributed by atoms with E-state index in [-0.39, 0.29) is 0 Å². The number of aryl methyl sites for hydroxylation is 1. The lowest BCUT2D eigenvalue weighted by Gasteiger charge is -2.17. The Morgan fingerprint density at radius 1 is 1.47 bits per heavy atom. The Morgan fingerprint density at radius 2 is 2.21 bits per heavy atom. The SMILES string of the molecule is CCCCC(CC)COc1nccc(C)c1C(N)=S. The van der Waals surface area contributed by atoms with E-state index in [0.29, 0.717) is 23.4 Å². The van der Waals surface area contributed by atoms with Gasteiger partial charge in [-0.2, -0.15) is 0 Å². The third kappa shape index (κ3) is 4.78. The second kappa shape index (κ2) is 8.10. The van der Waals surface area contributed by atoms with Gasteiger partial charge < -0.3 is 10.5 Å². The minimum Gasteiger partial charge on any atom is -0.477 e. The van der Waals surface area contributed by atoms with Crippen molar-refractivity contribution >= 4 is 17.2 Å². The molecule has 1 rings (SSSR count). The average molecular weight is 280 g/mol. The fourth-order valence-corrected chi connectivity index (χ4v) is 2.29. The Hall–Kier alpha value is -1.16. The molecule has 0 saturated heterocycles. The summed E-state index contributed by atoms with van der Waals surface area (Å²) in [4.78, 5) is 4.61. The fraction of sp³-hybridized carbons (Fsp3) is 0.600. The Bertz CT molecular complexity index is 421. The Labute approximate surface area is 121 Å². The van der Waals surface area contributed by atoms with Gasteiger partial charge in [-0.25, -0.2) is 4.98 Å². The summed E-state index contributed by atoms with van der Waals surface area (Å²) < 4.78 is 5.85. The molecule has 0 bridgehead atoms. The van der Waals surface area contributed by atoms with E-state index < -0.39 is 0 Å². The number of nitrogens with zero attached hydrogens (tertiary/aromatic N) is 1. The minimum absolute atomic E-state index is 0.349. The molecule has 0 radical (unpaired) electrons. The molecule has 1 aromatic rings. The van der Waals surface area contributed by atoms with Crippen LogP contribution in [-0.4, -0.2) is 16.6 Å². The number of nitrogens with two attached hydrogens (primary N) is 1. The van der Waals surface area contributed by atoms with Gasteiger partial charge >= 0.3 is 0 Å². The maximum Gasteiger partial charge on any atom is 0.223 e. The molecular formula is C15H24N2OS. The molecule has 3 nitrogen and oxygen atoms in total. The number of pyridine rings is 1. The van der Waals surface area contributed by atoms with Crippen LogP contribution >= 0.6 is 12.2 Å². The summed E-state index contributed by atoms with van der Waals surface area (Å²) in [6, 6.07) is 1.90. The van der Waals surface area contributed by atoms with Crippen molar-refractivity contribution in [3.8, 4) is 5.88 Å². The van der Waals surface area contributed by atoms with Gasteiger partial charge in [0.15, 0.2) is 0 Å². The summed E-state index contributed by atoms with van der Waals surface area (Å²) in [5, 5.41) is 0. The molecule has 2 N–H and O–H groups in total. The molecule has 4 heteroatoms. The molecule has 0 aliphatic carbocycles. The van der Waals surface area contributed by atoms with Crippen molar-refractivity contribution in [2.45, 2.75) is 46.5 Å². The third-order valence-corrected chi connectivity index (χ3v) is 3.57. The maximum atomic E-state index is 5.85. The van der Waals surface area contributed by atoms with Crippen molar-refractivity contribution in [1.82, 2.24) is 4.98 Å². The highest BCUT2D eigenvalue weighted by atomic mass is 32.1. The molecule has 1 unspecified atom stereocenters. The van der Waals surface area contributed by atoms with Crippen molar-refractivity contribution in [2.75, 3.05) is 6.61 Å². The molecule has 1 aromatic heterocycles. The van der Waals surface area contributed by atoms with Crippen molar-refractivity contribution < 1.29 is 4.74 Å². The van der Waals surface area contributed by atoms with Crippen LogP contribution in [0, 0.1) is 12.8 Å². The van der Waals surface area contributed by atoms with Gasteiger partial charge in [-0.15, -0.1) is 0 Å². The lowest BCUT2D eigenvalue weighted by atomic mass is 10.0. The van der Waals surface area contributed by atoms with Gasteiger partial charge in [-0.3, -0.25) is 0 Å². The van der Waals surface area contributed by atoms with Crippen LogP contribution in [0.3, 0.4) is 0 Å². The first kappa shape index (κ1) is 15.9. The Kier molecular flexibility index (Phi) is 6.78. The van der Waals surface area contributed by atoms with Gasteiger partial charge in [0, 0.05) is 6.20 Å². The first-order chi connectivity index (χ1) is 9.10. The van der Waals surface area contributed by atoms with E-state index in [2.05, 4.69) is 18.8 Å². The van der Waals surface area contributed by atoms with Crippen LogP contribution in [0.15, 0.2) is 12.3 Å². The van der Waals surface area contributed by atoms with E-state index in [0.717, 1.165) is 17.5 Å². The van der Waals surface area contributed by atoms with Gasteiger partial charge in [-0.05, 0) is 30.9 Å². The molecule has 19 heavy (non-hydrogen) atoms. The summed E-state index contributed by atoms with van der Waals surface area (Å²) >= 11 is 5.07. The van der Waals surface area contributed by atoms with E-state index in [1.165, 1.54) is 19.3 Å². The minimum atomic E-state index is 0.349. The van der Waals surface area contributed by atoms with E-state index in [1.807, 2.05) is 13.0 Å². The lowest BCUT2D eigenvalue weighted by Crippen LogP contribution is -2.17. The summed E-state index contributed by atoms with van der Waals surface area (Å²) in [5.74, 6) is 1.14. The second-order valence-corrected chi connectivity index (χ2v) is 5.34. The normalized spacial score (nSPS) is 12.2. The largest absolute Gasteiger partial charge is 0.477 e. The summed E-state index contributed by atoms with van der Waals surface area (Å²) in [6.45, 7) is 7.06. The lowest BCUT2D eigenvalue weighted by molar-refractivity contribution is 0.225. The third-order valence-electron chi connectivity index (χ3n) is 3.37. The molecule has 0 aliphatic heterocycles. The first-order valence-electron chi connectivity index (χ1n) is 6.98. The average Bonchev–Trinajstić information content (AvgIpc) is 2.38. The second-order valence-electron chi connectivity index (χ2n) is 4.90. The number of hydrogen-bond donors (Lipinski definition) is 1. The number of aromatic nitrogens is 1. The molecule has 0 saturated carbocycles. The maximum absolute atomic E-state index is 5.85. The monoisotopic (exact) mass is 280 g/mol. The molecule has 0 aromatic carbocycles. The predicted molar refractivity (Wildman–Crippen MR) is 83.7 cm³/mol. The van der Waals surface area contributed by atoms with Crippen molar-refractivity contribution in [3.63, 3.8) is 0 Å². The molecule has 0 fully saturated rings. The summed E-state index contributed by atoms with van der Waals surface area (Å²) in [7, 11) is 0. The predicted octanol–water partition coefficient (Wildman–Crippen LogP) is 3.62. The van der Waals surface area contributed by atoms with Crippen molar-refractivity contribution in [2.24, 2.45) is 11.7 Å². The molecular weight excluding hydrogens is 256 g/mol. The molecule has 0 spiro atoms. The first-order valence-corrected chi connectivity index (χ1v) is 7.39. The van der Waals surface area contributed by atoms with Gasteiger partial charge in [0.1, 0.15) is 4.99 Å². The van der Waals surface area contributed by atoms with E-state index >= 15 is 0 Å². The van der Waals surface area contributed by atoms with Crippen LogP contribution in [0.25, 0.3) is 0 Å². The van der Waals surface area contributed by atoms with Gasteiger partial charge in [-0.1, -0.05) is 45.3 Å². The molecule has 0 amide bonds. The topological polar surface area (TPSA) is 48.1 Å². The van der Waals surface area contributed by atoms with Crippen LogP contribution in [-0.2, 0) is 0 Å². The molecule has 0 aliphatic rings. The number of thiocarbonyl (C=S) groups is 1. The smallest absolute Gasteiger partial charge is 0.223 e. The van der Waals surface area contributed by atoms with Crippen LogP contribution in [0.4, 0.5) is 0 Å². The van der Waals surface area contributed by atoms with Gasteiger partial charge in [0.2, 0.25) is 5.88 Å². The molecule has 1 heterocycles. The van der Waals surface area contributed by atoms with Crippen molar-refractivity contribution in [1.29, 1.82) is 0 Å². The van der Waals surface area contributed by atoms with Crippen LogP contribution in [0.2, 0.25) is 0 Å². The van der Waals surface area contributed by atoms with Crippen LogP contribution in [0.1, 0.15) is 50.7 Å². The summed E-state index contributed by atoms with van der Waals surface area (Å²) in [5.41, 5.74) is 7.53. The highest BCUT2D eigenvalue weighted by Gasteiger charge is 2.13. The van der Waals surface area contributed by atoms with Crippen molar-refractivity contribution in [3.05, 3.63) is 23.4 Å². The fourth-order valence-electron chi connectivity index (χ4n) is 2.04. The number of rotatable bonds is 8. The molecule has 106 valence electrons. The highest BCUT2D eigenvalue weighted by molar-refractivity contribution is 7.80. The quantitative estimate of drug-likeness (QED) is 0.739. The molecule has 1 atom stereocenters. The van der Waals surface area contributed by atoms with Crippen LogP contribution in [0.5, 0.6) is 5.88 Å². The number of unbranched alkanes of at least 4 members (excludes halogenated alkanes) is 1. The van der Waals surface area contributed by atoms with Crippen LogP contribution < -0.4 is 10.5 Å². The van der Waals surface area contributed by atoms with Gasteiger partial charge in [0.25, 0.3) is 0 Å². The standard InChI is InChI=1S/C15H24N2OS/c1-4-6-7-12(5-2)10-18-15-13(14(16)19)11(3)8-9-17-15/h8-9,12H,4-7,10H2,1-3H3,(H2,16,19). The van der Waals surface area contributed by atoms with E-state index in [4.69, 9.17) is 22.7 Å². The Morgan fingerprint density at radius 3 is 2.79 bits per heavy atom. The Balaban J connectivity index is 2.71.